The van der Waals surface area contributed by atoms with Gasteiger partial charge in [-0.2, -0.15) is 0 Å². The van der Waals surface area contributed by atoms with Gasteiger partial charge in [-0.15, -0.1) is 11.3 Å². The van der Waals surface area contributed by atoms with E-state index in [0.717, 1.165) is 17.0 Å². The van der Waals surface area contributed by atoms with Crippen molar-refractivity contribution in [1.82, 2.24) is 20.1 Å². The van der Waals surface area contributed by atoms with Gasteiger partial charge in [0.1, 0.15) is 11.6 Å². The third-order valence-electron chi connectivity index (χ3n) is 13.6. The molecule has 3 amide bonds. The van der Waals surface area contributed by atoms with E-state index in [0.29, 0.717) is 51.9 Å². The largest absolute Gasteiger partial charge is 0.379 e. The number of Topliss-reactive ketones (excluding diaryl/α,β-unsaturated/α-hetero) is 3. The van der Waals surface area contributed by atoms with Gasteiger partial charge in [-0.25, -0.2) is 4.98 Å². The fourth-order valence-corrected chi connectivity index (χ4v) is 9.85. The minimum Gasteiger partial charge on any atom is -0.379 e. The van der Waals surface area contributed by atoms with Crippen LogP contribution in [0.25, 0.3) is 0 Å². The molecule has 67 heavy (non-hydrogen) atoms. The molecule has 0 aliphatic carbocycles. The van der Waals surface area contributed by atoms with E-state index in [9.17, 15) is 28.8 Å². The lowest BCUT2D eigenvalue weighted by Crippen LogP contribution is -2.55. The summed E-state index contributed by atoms with van der Waals surface area (Å²) < 4.78 is 23.2. The average molecular weight is 955 g/mol. The lowest BCUT2D eigenvalue weighted by atomic mass is 9.82. The highest BCUT2D eigenvalue weighted by atomic mass is 32.1. The van der Waals surface area contributed by atoms with Crippen LogP contribution < -0.4 is 5.32 Å². The number of carbonyl (C=O) groups excluding carboxylic acids is 6. The van der Waals surface area contributed by atoms with Gasteiger partial charge in [0.25, 0.3) is 0 Å². The Labute approximate surface area is 405 Å². The van der Waals surface area contributed by atoms with E-state index in [4.69, 9.17) is 18.9 Å². The maximum absolute atomic E-state index is 14.5. The lowest BCUT2D eigenvalue weighted by Gasteiger charge is -2.41. The molecule has 14 nitrogen and oxygen atoms in total. The predicted octanol–water partition coefficient (Wildman–Crippen LogP) is 7.51. The van der Waals surface area contributed by atoms with Crippen LogP contribution in [0.5, 0.6) is 0 Å². The van der Waals surface area contributed by atoms with Crippen LogP contribution in [-0.2, 0) is 54.1 Å². The number of carbonyl (C=O) groups is 6. The van der Waals surface area contributed by atoms with Gasteiger partial charge in [-0.05, 0) is 50.5 Å². The number of hydrogen-bond acceptors (Lipinski definition) is 12. The fraction of sp³-hybridized carbons (Fsp3) is 0.712. The molecular weight excluding hydrogens is 873 g/mol. The monoisotopic (exact) mass is 955 g/mol. The standard InChI is InChI=1S/C52H82N4O10S/c1-13-36(6)48(55(10)51(62)40(34(2)3)32-45(59)52(8,9)54-46(60)22-26-66-28-27-65-25-21-42(57)35(4)5)44(63-11)33-47(61)56-24-17-20-41(56)49(64-12)37(7)43(58)31-39(50-53-23-29-67-50)30-38-18-15-14-16-19-38/h14-16,18-19,23,29,34-37,39-41,44,48-49H,13,17,20-22,24-28,30-33H2,1-12H3,(H,54,60)/t36-,37-,39+,40-,41-,44+,48-,49+/m0/s1. The smallest absolute Gasteiger partial charge is 0.226 e. The first-order valence-corrected chi connectivity index (χ1v) is 25.3. The normalized spacial score (nSPS) is 17.4. The number of nitrogens with zero attached hydrogens (tertiary/aromatic N) is 3. The van der Waals surface area contributed by atoms with E-state index in [1.54, 1.807) is 57.5 Å². The van der Waals surface area contributed by atoms with Gasteiger partial charge in [0.15, 0.2) is 5.78 Å². The van der Waals surface area contributed by atoms with Gasteiger partial charge < -0.3 is 34.1 Å². The minimum absolute atomic E-state index is 0.0158. The number of ketones is 3. The molecule has 0 saturated carbocycles. The Morgan fingerprint density at radius 1 is 0.881 bits per heavy atom. The first-order valence-electron chi connectivity index (χ1n) is 24.4. The van der Waals surface area contributed by atoms with Gasteiger partial charge in [-0.1, -0.05) is 85.2 Å². The highest BCUT2D eigenvalue weighted by Crippen LogP contribution is 2.33. The maximum atomic E-state index is 14.5. The molecule has 0 spiro atoms. The molecule has 3 rings (SSSR count). The SMILES string of the molecule is CC[C@H](C)[C@@H]([C@@H](CC(=O)N1CCC[C@H]1[C@H](OC)[C@@H](C)C(=O)C[C@@H](Cc1ccccc1)c1nccs1)OC)N(C)C(=O)[C@@H](CC(=O)C(C)(C)NC(=O)CCOCCOCCC(=O)C(C)C)C(C)C. The number of aromatic nitrogens is 1. The molecule has 8 atom stereocenters. The van der Waals surface area contributed by atoms with Crippen molar-refractivity contribution < 1.29 is 47.7 Å². The fourth-order valence-electron chi connectivity index (χ4n) is 9.10. The summed E-state index contributed by atoms with van der Waals surface area (Å²) in [6.07, 6.45) is 4.09. The highest BCUT2D eigenvalue weighted by molar-refractivity contribution is 7.09. The van der Waals surface area contributed by atoms with Gasteiger partial charge in [-0.3, -0.25) is 28.8 Å². The topological polar surface area (TPSA) is 171 Å². The summed E-state index contributed by atoms with van der Waals surface area (Å²) in [5, 5.41) is 5.68. The molecule has 1 aromatic carbocycles. The van der Waals surface area contributed by atoms with Crippen molar-refractivity contribution >= 4 is 46.4 Å². The van der Waals surface area contributed by atoms with Crippen LogP contribution in [-0.4, -0.2) is 134 Å². The Morgan fingerprint density at radius 2 is 1.54 bits per heavy atom. The number of thiazole rings is 1. The number of hydrogen-bond donors (Lipinski definition) is 1. The van der Waals surface area contributed by atoms with E-state index in [-0.39, 0.29) is 97.3 Å². The summed E-state index contributed by atoms with van der Waals surface area (Å²) in [6, 6.07) is 9.31. The molecule has 376 valence electrons. The van der Waals surface area contributed by atoms with Crippen molar-refractivity contribution in [3.63, 3.8) is 0 Å². The molecule has 1 aliphatic heterocycles. The second-order valence-electron chi connectivity index (χ2n) is 19.5. The number of likely N-dealkylation sites (tertiary alicyclic amines) is 1. The number of ether oxygens (including phenoxy) is 4. The molecule has 1 aromatic heterocycles. The minimum atomic E-state index is -1.24. The third-order valence-corrected chi connectivity index (χ3v) is 14.5. The average Bonchev–Trinajstić information content (AvgIpc) is 4.02. The molecule has 1 saturated heterocycles. The molecule has 1 fully saturated rings. The molecule has 1 N–H and O–H groups in total. The summed E-state index contributed by atoms with van der Waals surface area (Å²) >= 11 is 1.55. The Balaban J connectivity index is 1.65. The van der Waals surface area contributed by atoms with E-state index < -0.39 is 35.6 Å². The Morgan fingerprint density at radius 3 is 2.10 bits per heavy atom. The molecule has 2 aromatic rings. The van der Waals surface area contributed by atoms with Gasteiger partial charge in [0, 0.05) is 88.7 Å². The van der Waals surface area contributed by atoms with Crippen LogP contribution in [0.2, 0.25) is 0 Å². The van der Waals surface area contributed by atoms with E-state index in [1.165, 1.54) is 0 Å². The molecule has 0 bridgehead atoms. The van der Waals surface area contributed by atoms with Crippen molar-refractivity contribution in [1.29, 1.82) is 0 Å². The zero-order valence-electron chi connectivity index (χ0n) is 42.5. The molecular formula is C52H82N4O10S. The number of rotatable bonds is 32. The van der Waals surface area contributed by atoms with Crippen molar-refractivity contribution in [3.8, 4) is 0 Å². The summed E-state index contributed by atoms with van der Waals surface area (Å²) in [6.45, 7) is 18.3. The Kier molecular flexibility index (Phi) is 24.5. The lowest BCUT2D eigenvalue weighted by molar-refractivity contribution is -0.149. The van der Waals surface area contributed by atoms with E-state index in [2.05, 4.69) is 22.4 Å². The highest BCUT2D eigenvalue weighted by Gasteiger charge is 2.44. The summed E-state index contributed by atoms with van der Waals surface area (Å²) in [5.74, 6) is -2.33. The number of likely N-dealkylation sites (N-methyl/N-ethyl adjacent to an activating group) is 1. The molecule has 2 heterocycles. The number of amides is 3. The van der Waals surface area contributed by atoms with Gasteiger partial charge in [0.05, 0.1) is 67.7 Å². The molecule has 1 aliphatic rings. The van der Waals surface area contributed by atoms with Crippen LogP contribution in [0.1, 0.15) is 130 Å². The summed E-state index contributed by atoms with van der Waals surface area (Å²) in [5.41, 5.74) is -0.106. The Bertz CT molecular complexity index is 1840. The van der Waals surface area contributed by atoms with E-state index >= 15 is 0 Å². The van der Waals surface area contributed by atoms with Gasteiger partial charge in [0.2, 0.25) is 17.7 Å². The second-order valence-corrected chi connectivity index (χ2v) is 20.4. The zero-order chi connectivity index (χ0) is 49.8. The third kappa shape index (κ3) is 17.5. The van der Waals surface area contributed by atoms with Crippen molar-refractivity contribution in [3.05, 3.63) is 52.5 Å². The van der Waals surface area contributed by atoms with Crippen molar-refractivity contribution in [2.75, 3.05) is 54.2 Å². The van der Waals surface area contributed by atoms with Crippen LogP contribution >= 0.6 is 11.3 Å². The van der Waals surface area contributed by atoms with Crippen LogP contribution in [0.3, 0.4) is 0 Å². The second kappa shape index (κ2) is 28.6. The maximum Gasteiger partial charge on any atom is 0.226 e. The van der Waals surface area contributed by atoms with E-state index in [1.807, 2.05) is 76.9 Å². The predicted molar refractivity (Wildman–Crippen MR) is 262 cm³/mol. The molecule has 0 radical (unpaired) electrons. The van der Waals surface area contributed by atoms with Crippen molar-refractivity contribution in [2.45, 2.75) is 156 Å². The zero-order valence-corrected chi connectivity index (χ0v) is 43.4. The molecule has 15 heteroatoms. The number of nitrogens with one attached hydrogen (secondary N) is 1. The van der Waals surface area contributed by atoms with Crippen LogP contribution in [0.4, 0.5) is 0 Å². The van der Waals surface area contributed by atoms with Gasteiger partial charge >= 0.3 is 0 Å². The number of methoxy groups -OCH3 is 2. The summed E-state index contributed by atoms with van der Waals surface area (Å²) in [4.78, 5) is 89.7. The first-order chi connectivity index (χ1) is 31.8. The van der Waals surface area contributed by atoms with Crippen LogP contribution in [0, 0.1) is 29.6 Å². The quantitative estimate of drug-likeness (QED) is 0.0720. The molecule has 0 unspecified atom stereocenters. The summed E-state index contributed by atoms with van der Waals surface area (Å²) in [7, 11) is 4.89. The first kappa shape index (κ1) is 57.4. The van der Waals surface area contributed by atoms with Crippen LogP contribution in [0.15, 0.2) is 41.9 Å². The Hall–Kier alpha value is -3.89. The number of benzene rings is 1. The van der Waals surface area contributed by atoms with Crippen molar-refractivity contribution in [2.24, 2.45) is 29.6 Å².